The van der Waals surface area contributed by atoms with E-state index in [0.717, 1.165) is 18.4 Å². The van der Waals surface area contributed by atoms with Crippen LogP contribution in [0.25, 0.3) is 6.08 Å². The Kier molecular flexibility index (Phi) is 4.69. The van der Waals surface area contributed by atoms with E-state index in [9.17, 15) is 9.81 Å². The van der Waals surface area contributed by atoms with Crippen LogP contribution in [0.3, 0.4) is 0 Å². The molecule has 0 aliphatic heterocycles. The van der Waals surface area contributed by atoms with Crippen molar-refractivity contribution in [2.45, 2.75) is 31.8 Å². The number of benzene rings is 1. The summed E-state index contributed by atoms with van der Waals surface area (Å²) in [5, 5.41) is 5.95. The Morgan fingerprint density at radius 1 is 1.29 bits per heavy atom. The van der Waals surface area contributed by atoms with E-state index in [0.29, 0.717) is 12.0 Å². The van der Waals surface area contributed by atoms with Crippen molar-refractivity contribution in [3.8, 4) is 0 Å². The van der Waals surface area contributed by atoms with Crippen molar-refractivity contribution in [2.24, 2.45) is 10.4 Å². The quantitative estimate of drug-likeness (QED) is 0.661. The zero-order valence-corrected chi connectivity index (χ0v) is 9.93. The molecule has 0 aliphatic carbocycles. The molecule has 0 atom stereocenters. The molecule has 0 unspecified atom stereocenters. The van der Waals surface area contributed by atoms with Gasteiger partial charge >= 0.3 is 0 Å². The predicted molar refractivity (Wildman–Crippen MR) is 69.3 cm³/mol. The number of nitrogens with zero attached hydrogens (tertiary/aromatic N) is 2. The van der Waals surface area contributed by atoms with Crippen molar-refractivity contribution in [3.05, 3.63) is 51.8 Å². The molecular weight excluding hydrogens is 216 g/mol. The summed E-state index contributed by atoms with van der Waals surface area (Å²) in [6, 6.07) is 7.08. The molecule has 0 spiro atoms. The summed E-state index contributed by atoms with van der Waals surface area (Å²) in [5.74, 6) is 0. The standard InChI is InChI=1S/C13H16N2O2/c1-3-5-10-13(14-16,15-17)12-9-7-6-8-11(12)4-2/h4,6-9H,2-3,5,10H2,1H3. The van der Waals surface area contributed by atoms with E-state index in [1.165, 1.54) is 0 Å². The Hall–Kier alpha value is -1.84. The molecule has 0 radical (unpaired) electrons. The summed E-state index contributed by atoms with van der Waals surface area (Å²) in [7, 11) is 0. The second-order valence-electron chi connectivity index (χ2n) is 3.89. The Bertz CT molecular complexity index is 408. The van der Waals surface area contributed by atoms with Crippen LogP contribution >= 0.6 is 0 Å². The zero-order chi connectivity index (χ0) is 12.7. The average molecular weight is 232 g/mol. The Labute approximate surface area is 101 Å². The van der Waals surface area contributed by atoms with E-state index in [-0.39, 0.29) is 0 Å². The Morgan fingerprint density at radius 2 is 1.94 bits per heavy atom. The van der Waals surface area contributed by atoms with Crippen molar-refractivity contribution in [2.75, 3.05) is 0 Å². The van der Waals surface area contributed by atoms with E-state index in [1.54, 1.807) is 24.3 Å². The third-order valence-electron chi connectivity index (χ3n) is 2.79. The fourth-order valence-electron chi connectivity index (χ4n) is 1.80. The number of unbranched alkanes of at least 4 members (excludes halogenated alkanes) is 1. The van der Waals surface area contributed by atoms with Gasteiger partial charge < -0.3 is 0 Å². The van der Waals surface area contributed by atoms with Crippen molar-refractivity contribution >= 4 is 6.08 Å². The van der Waals surface area contributed by atoms with E-state index in [4.69, 9.17) is 0 Å². The van der Waals surface area contributed by atoms with Crippen LogP contribution < -0.4 is 0 Å². The number of hydrogen-bond donors (Lipinski definition) is 0. The molecule has 1 aromatic carbocycles. The van der Waals surface area contributed by atoms with E-state index in [2.05, 4.69) is 16.9 Å². The first-order valence-corrected chi connectivity index (χ1v) is 5.65. The minimum atomic E-state index is -1.51. The van der Waals surface area contributed by atoms with Gasteiger partial charge in [0.1, 0.15) is 0 Å². The lowest BCUT2D eigenvalue weighted by Crippen LogP contribution is -2.21. The first kappa shape index (κ1) is 13.2. The van der Waals surface area contributed by atoms with Gasteiger partial charge in [0.05, 0.1) is 0 Å². The van der Waals surface area contributed by atoms with E-state index in [1.807, 2.05) is 13.0 Å². The molecule has 0 aliphatic rings. The molecule has 0 fully saturated rings. The lowest BCUT2D eigenvalue weighted by atomic mass is 9.91. The van der Waals surface area contributed by atoms with Gasteiger partial charge in [-0.1, -0.05) is 50.3 Å². The minimum absolute atomic E-state index is 0.335. The summed E-state index contributed by atoms with van der Waals surface area (Å²) in [4.78, 5) is 22.1. The summed E-state index contributed by atoms with van der Waals surface area (Å²) in [6.07, 6.45) is 3.54. The summed E-state index contributed by atoms with van der Waals surface area (Å²) in [5.41, 5.74) is -0.253. The van der Waals surface area contributed by atoms with Crippen LogP contribution in [0.4, 0.5) is 0 Å². The first-order chi connectivity index (χ1) is 8.24. The lowest BCUT2D eigenvalue weighted by molar-refractivity contribution is 0.408. The minimum Gasteiger partial charge on any atom is -0.148 e. The van der Waals surface area contributed by atoms with E-state index < -0.39 is 5.66 Å². The third-order valence-corrected chi connectivity index (χ3v) is 2.79. The maximum absolute atomic E-state index is 11.1. The number of rotatable bonds is 7. The summed E-state index contributed by atoms with van der Waals surface area (Å²) in [6.45, 7) is 5.65. The van der Waals surface area contributed by atoms with Gasteiger partial charge in [-0.15, -0.1) is 9.81 Å². The van der Waals surface area contributed by atoms with Gasteiger partial charge in [-0.25, -0.2) is 0 Å². The molecular formula is C13H16N2O2. The molecule has 90 valence electrons. The molecule has 0 bridgehead atoms. The van der Waals surface area contributed by atoms with Crippen LogP contribution in [0.1, 0.15) is 37.3 Å². The molecule has 0 amide bonds. The van der Waals surface area contributed by atoms with Crippen LogP contribution in [0.5, 0.6) is 0 Å². The SMILES string of the molecule is C=Cc1ccccc1C(CCCC)(N=O)N=O. The molecule has 4 heteroatoms. The Morgan fingerprint density at radius 3 is 2.47 bits per heavy atom. The van der Waals surface area contributed by atoms with Gasteiger partial charge in [0.2, 0.25) is 0 Å². The zero-order valence-electron chi connectivity index (χ0n) is 9.93. The second-order valence-corrected chi connectivity index (χ2v) is 3.89. The van der Waals surface area contributed by atoms with Crippen molar-refractivity contribution in [3.63, 3.8) is 0 Å². The van der Waals surface area contributed by atoms with Gasteiger partial charge in [-0.3, -0.25) is 0 Å². The normalized spacial score (nSPS) is 10.9. The van der Waals surface area contributed by atoms with Gasteiger partial charge in [-0.05, 0) is 22.3 Å². The fraction of sp³-hybridized carbons (Fsp3) is 0.385. The van der Waals surface area contributed by atoms with Gasteiger partial charge in [0.15, 0.2) is 0 Å². The van der Waals surface area contributed by atoms with Crippen LogP contribution in [-0.2, 0) is 5.66 Å². The Balaban J connectivity index is 3.25. The fourth-order valence-corrected chi connectivity index (χ4v) is 1.80. The number of nitroso groups, excluding NO2 is 2. The largest absolute Gasteiger partial charge is 0.257 e. The first-order valence-electron chi connectivity index (χ1n) is 5.65. The lowest BCUT2D eigenvalue weighted by Gasteiger charge is -2.20. The van der Waals surface area contributed by atoms with Crippen molar-refractivity contribution < 1.29 is 0 Å². The van der Waals surface area contributed by atoms with Crippen LogP contribution in [-0.4, -0.2) is 0 Å². The predicted octanol–water partition coefficient (Wildman–Crippen LogP) is 4.21. The highest BCUT2D eigenvalue weighted by Crippen LogP contribution is 2.35. The average Bonchev–Trinajstić information content (AvgIpc) is 2.41. The molecule has 0 saturated heterocycles. The molecule has 17 heavy (non-hydrogen) atoms. The molecule has 0 heterocycles. The summed E-state index contributed by atoms with van der Waals surface area (Å²) >= 11 is 0. The monoisotopic (exact) mass is 232 g/mol. The van der Waals surface area contributed by atoms with E-state index >= 15 is 0 Å². The van der Waals surface area contributed by atoms with Gasteiger partial charge in [0, 0.05) is 12.0 Å². The maximum atomic E-state index is 11.1. The van der Waals surface area contributed by atoms with Crippen LogP contribution in [0.15, 0.2) is 41.2 Å². The maximum Gasteiger partial charge on any atom is 0.257 e. The molecule has 0 saturated carbocycles. The molecule has 4 nitrogen and oxygen atoms in total. The summed E-state index contributed by atoms with van der Waals surface area (Å²) < 4.78 is 0. The molecule has 1 rings (SSSR count). The van der Waals surface area contributed by atoms with Crippen molar-refractivity contribution in [1.82, 2.24) is 0 Å². The molecule has 0 N–H and O–H groups in total. The topological polar surface area (TPSA) is 58.9 Å². The van der Waals surface area contributed by atoms with Crippen LogP contribution in [0, 0.1) is 9.81 Å². The van der Waals surface area contributed by atoms with Crippen LogP contribution in [0.2, 0.25) is 0 Å². The highest BCUT2D eigenvalue weighted by Gasteiger charge is 2.36. The number of hydrogen-bond acceptors (Lipinski definition) is 4. The molecule has 1 aromatic rings. The second kappa shape index (κ2) is 6.03. The highest BCUT2D eigenvalue weighted by atomic mass is 16.3. The van der Waals surface area contributed by atoms with Gasteiger partial charge in [-0.2, -0.15) is 0 Å². The highest BCUT2D eigenvalue weighted by molar-refractivity contribution is 5.54. The smallest absolute Gasteiger partial charge is 0.148 e. The molecule has 0 aromatic heterocycles. The van der Waals surface area contributed by atoms with Gasteiger partial charge in [0.25, 0.3) is 5.66 Å². The van der Waals surface area contributed by atoms with Crippen molar-refractivity contribution in [1.29, 1.82) is 0 Å². The third kappa shape index (κ3) is 2.64.